The molecule has 21 heavy (non-hydrogen) atoms. The van der Waals surface area contributed by atoms with Crippen LogP contribution in [-0.4, -0.2) is 17.5 Å². The number of hydrogen-bond donors (Lipinski definition) is 1. The smallest absolute Gasteiger partial charge is 0.258 e. The third-order valence-corrected chi connectivity index (χ3v) is 3.26. The van der Waals surface area contributed by atoms with E-state index in [-0.39, 0.29) is 12.5 Å². The summed E-state index contributed by atoms with van der Waals surface area (Å²) >= 11 is 0. The average Bonchev–Trinajstić information content (AvgIpc) is 2.52. The Bertz CT molecular complexity index is 597. The summed E-state index contributed by atoms with van der Waals surface area (Å²) in [6.45, 7) is 4.59. The highest BCUT2D eigenvalue weighted by Crippen LogP contribution is 2.17. The molecule has 0 radical (unpaired) electrons. The van der Waals surface area contributed by atoms with E-state index in [1.54, 1.807) is 6.20 Å². The minimum absolute atomic E-state index is 0.0117. The lowest BCUT2D eigenvalue weighted by Gasteiger charge is -2.09. The second-order valence-corrected chi connectivity index (χ2v) is 4.83. The predicted molar refractivity (Wildman–Crippen MR) is 82.1 cm³/mol. The molecule has 0 spiro atoms. The molecule has 1 N–H and O–H groups in total. The van der Waals surface area contributed by atoms with Crippen molar-refractivity contribution >= 4 is 5.91 Å². The van der Waals surface area contributed by atoms with Crippen molar-refractivity contribution in [2.75, 3.05) is 6.61 Å². The van der Waals surface area contributed by atoms with Crippen molar-refractivity contribution in [1.82, 2.24) is 10.3 Å². The summed E-state index contributed by atoms with van der Waals surface area (Å²) in [5.41, 5.74) is 3.31. The summed E-state index contributed by atoms with van der Waals surface area (Å²) in [5, 5.41) is 2.78. The molecule has 0 fully saturated rings. The van der Waals surface area contributed by atoms with Crippen molar-refractivity contribution in [1.29, 1.82) is 0 Å². The number of nitrogens with zero attached hydrogens (tertiary/aromatic N) is 1. The summed E-state index contributed by atoms with van der Waals surface area (Å²) in [6, 6.07) is 11.5. The molecule has 0 saturated heterocycles. The highest BCUT2D eigenvalue weighted by molar-refractivity contribution is 5.77. The molecule has 1 aromatic heterocycles. The molecule has 0 aliphatic rings. The van der Waals surface area contributed by atoms with Gasteiger partial charge in [0.25, 0.3) is 5.91 Å². The Morgan fingerprint density at radius 1 is 1.29 bits per heavy atom. The number of pyridine rings is 1. The Labute approximate surface area is 125 Å². The normalized spacial score (nSPS) is 10.2. The second kappa shape index (κ2) is 7.43. The van der Waals surface area contributed by atoms with Gasteiger partial charge in [0.15, 0.2) is 6.61 Å². The maximum absolute atomic E-state index is 11.7. The Morgan fingerprint density at radius 3 is 2.81 bits per heavy atom. The topological polar surface area (TPSA) is 51.2 Å². The van der Waals surface area contributed by atoms with Gasteiger partial charge in [-0.3, -0.25) is 9.78 Å². The first-order valence-electron chi connectivity index (χ1n) is 7.08. The predicted octanol–water partition coefficient (Wildman–Crippen LogP) is 2.65. The molecule has 4 heteroatoms. The van der Waals surface area contributed by atoms with Crippen LogP contribution in [-0.2, 0) is 17.8 Å². The van der Waals surface area contributed by atoms with Crippen LogP contribution in [0.15, 0.2) is 42.6 Å². The number of hydrogen-bond acceptors (Lipinski definition) is 3. The third kappa shape index (κ3) is 4.60. The van der Waals surface area contributed by atoms with Crippen molar-refractivity contribution < 1.29 is 9.53 Å². The molecule has 1 amide bonds. The molecule has 0 atom stereocenters. The first-order chi connectivity index (χ1) is 10.2. The van der Waals surface area contributed by atoms with Gasteiger partial charge in [-0.1, -0.05) is 19.1 Å². The van der Waals surface area contributed by atoms with Crippen LogP contribution in [0.25, 0.3) is 0 Å². The van der Waals surface area contributed by atoms with E-state index in [2.05, 4.69) is 17.2 Å². The zero-order valence-corrected chi connectivity index (χ0v) is 12.4. The van der Waals surface area contributed by atoms with Crippen molar-refractivity contribution in [3.63, 3.8) is 0 Å². The monoisotopic (exact) mass is 284 g/mol. The number of amides is 1. The molecule has 2 aromatic rings. The van der Waals surface area contributed by atoms with Crippen LogP contribution in [0.5, 0.6) is 5.75 Å². The minimum Gasteiger partial charge on any atom is -0.484 e. The lowest BCUT2D eigenvalue weighted by Crippen LogP contribution is -2.28. The minimum atomic E-state index is -0.155. The van der Waals surface area contributed by atoms with Crippen LogP contribution in [0.2, 0.25) is 0 Å². The first-order valence-corrected chi connectivity index (χ1v) is 7.08. The van der Waals surface area contributed by atoms with Crippen LogP contribution in [0.4, 0.5) is 0 Å². The number of carbonyl (C=O) groups is 1. The van der Waals surface area contributed by atoms with Crippen LogP contribution >= 0.6 is 0 Å². The molecule has 0 aliphatic heterocycles. The molecular formula is C17H20N2O2. The molecule has 2 rings (SSSR count). The molecule has 0 aliphatic carbocycles. The summed E-state index contributed by atoms with van der Waals surface area (Å²) < 4.78 is 5.50. The highest BCUT2D eigenvalue weighted by atomic mass is 16.5. The summed E-state index contributed by atoms with van der Waals surface area (Å²) in [7, 11) is 0. The number of nitrogens with one attached hydrogen (secondary N) is 1. The van der Waals surface area contributed by atoms with E-state index in [1.165, 1.54) is 11.1 Å². The van der Waals surface area contributed by atoms with Crippen LogP contribution in [0, 0.1) is 6.92 Å². The number of benzene rings is 1. The van der Waals surface area contributed by atoms with Gasteiger partial charge in [-0.25, -0.2) is 0 Å². The quantitative estimate of drug-likeness (QED) is 0.887. The van der Waals surface area contributed by atoms with Crippen molar-refractivity contribution in [3.8, 4) is 5.75 Å². The van der Waals surface area contributed by atoms with Crippen LogP contribution < -0.4 is 10.1 Å². The molecule has 1 heterocycles. The molecule has 0 saturated carbocycles. The number of aryl methyl sites for hydroxylation is 2. The maximum atomic E-state index is 11.7. The van der Waals surface area contributed by atoms with Gasteiger partial charge >= 0.3 is 0 Å². The standard InChI is InChI=1S/C17H20N2O2/c1-3-14-7-8-16(10-13(14)2)21-12-17(20)19-11-15-6-4-5-9-18-15/h4-10H,3,11-12H2,1-2H3,(H,19,20). The SMILES string of the molecule is CCc1ccc(OCC(=O)NCc2ccccn2)cc1C. The maximum Gasteiger partial charge on any atom is 0.258 e. The van der Waals surface area contributed by atoms with Gasteiger partial charge in [-0.15, -0.1) is 0 Å². The number of ether oxygens (including phenoxy) is 1. The zero-order chi connectivity index (χ0) is 15.1. The van der Waals surface area contributed by atoms with Crippen molar-refractivity contribution in [2.24, 2.45) is 0 Å². The van der Waals surface area contributed by atoms with E-state index < -0.39 is 0 Å². The number of rotatable bonds is 6. The first kappa shape index (κ1) is 15.0. The van der Waals surface area contributed by atoms with Crippen LogP contribution in [0.1, 0.15) is 23.7 Å². The summed E-state index contributed by atoms with van der Waals surface area (Å²) in [4.78, 5) is 15.9. The van der Waals surface area contributed by atoms with Gasteiger partial charge in [0, 0.05) is 6.20 Å². The van der Waals surface area contributed by atoms with E-state index in [0.29, 0.717) is 6.54 Å². The van der Waals surface area contributed by atoms with Gasteiger partial charge in [-0.2, -0.15) is 0 Å². The van der Waals surface area contributed by atoms with Crippen molar-refractivity contribution in [2.45, 2.75) is 26.8 Å². The fourth-order valence-corrected chi connectivity index (χ4v) is 2.05. The Hall–Kier alpha value is -2.36. The van der Waals surface area contributed by atoms with Crippen LogP contribution in [0.3, 0.4) is 0 Å². The van der Waals surface area contributed by atoms with E-state index >= 15 is 0 Å². The Balaban J connectivity index is 1.80. The number of aromatic nitrogens is 1. The van der Waals surface area contributed by atoms with Gasteiger partial charge in [0.05, 0.1) is 12.2 Å². The van der Waals surface area contributed by atoms with Gasteiger partial charge < -0.3 is 10.1 Å². The fourth-order valence-electron chi connectivity index (χ4n) is 2.05. The van der Waals surface area contributed by atoms with Crippen molar-refractivity contribution in [3.05, 3.63) is 59.4 Å². The average molecular weight is 284 g/mol. The van der Waals surface area contributed by atoms with Gasteiger partial charge in [0.2, 0.25) is 0 Å². The lowest BCUT2D eigenvalue weighted by molar-refractivity contribution is -0.123. The second-order valence-electron chi connectivity index (χ2n) is 4.83. The summed E-state index contributed by atoms with van der Waals surface area (Å²) in [5.74, 6) is 0.565. The Kier molecular flexibility index (Phi) is 5.32. The van der Waals surface area contributed by atoms with E-state index in [1.807, 2.05) is 43.3 Å². The zero-order valence-electron chi connectivity index (χ0n) is 12.4. The van der Waals surface area contributed by atoms with E-state index in [9.17, 15) is 4.79 Å². The Morgan fingerprint density at radius 2 is 2.14 bits per heavy atom. The third-order valence-electron chi connectivity index (χ3n) is 3.26. The van der Waals surface area contributed by atoms with Gasteiger partial charge in [0.1, 0.15) is 5.75 Å². The van der Waals surface area contributed by atoms with E-state index in [0.717, 1.165) is 17.9 Å². The molecule has 0 bridgehead atoms. The molecular weight excluding hydrogens is 264 g/mol. The van der Waals surface area contributed by atoms with Gasteiger partial charge in [-0.05, 0) is 48.7 Å². The largest absolute Gasteiger partial charge is 0.484 e. The fraction of sp³-hybridized carbons (Fsp3) is 0.294. The lowest BCUT2D eigenvalue weighted by atomic mass is 10.1. The molecule has 0 unspecified atom stereocenters. The number of carbonyl (C=O) groups excluding carboxylic acids is 1. The van der Waals surface area contributed by atoms with E-state index in [4.69, 9.17) is 4.74 Å². The molecule has 1 aromatic carbocycles. The molecule has 4 nitrogen and oxygen atoms in total. The molecule has 110 valence electrons. The highest BCUT2D eigenvalue weighted by Gasteiger charge is 2.04. The summed E-state index contributed by atoms with van der Waals surface area (Å²) in [6.07, 6.45) is 2.70.